The molecule has 0 bridgehead atoms. The highest BCUT2D eigenvalue weighted by molar-refractivity contribution is 4.62. The van der Waals surface area contributed by atoms with E-state index in [0.29, 0.717) is 0 Å². The highest BCUT2D eigenvalue weighted by Crippen LogP contribution is 2.09. The van der Waals surface area contributed by atoms with Gasteiger partial charge in [-0.3, -0.25) is 0 Å². The lowest BCUT2D eigenvalue weighted by molar-refractivity contribution is 0.108. The minimum Gasteiger partial charge on any atom is -0.392 e. The van der Waals surface area contributed by atoms with E-state index in [2.05, 4.69) is 25.7 Å². The minimum absolute atomic E-state index is 0.119. The van der Waals surface area contributed by atoms with Gasteiger partial charge in [-0.25, -0.2) is 0 Å². The molecule has 0 aromatic rings. The molecule has 2 heteroatoms. The van der Waals surface area contributed by atoms with Gasteiger partial charge in [0.1, 0.15) is 0 Å². The minimum atomic E-state index is -0.119. The number of aliphatic hydroxyl groups is 1. The standard InChI is InChI=1S/C14H31NO/c1-4-7-8-9-10-11-12-14(16)13-15(5-2)6-3/h14,16H,4-13H2,1-3H3. The largest absolute Gasteiger partial charge is 0.392 e. The van der Waals surface area contributed by atoms with Crippen molar-refractivity contribution in [3.63, 3.8) is 0 Å². The summed E-state index contributed by atoms with van der Waals surface area (Å²) in [5.74, 6) is 0. The number of aliphatic hydroxyl groups excluding tert-OH is 1. The van der Waals surface area contributed by atoms with Gasteiger partial charge in [-0.05, 0) is 19.5 Å². The average molecular weight is 229 g/mol. The number of likely N-dealkylation sites (N-methyl/N-ethyl adjacent to an activating group) is 1. The fraction of sp³-hybridized carbons (Fsp3) is 1.00. The number of hydrogen-bond acceptors (Lipinski definition) is 2. The van der Waals surface area contributed by atoms with Crippen molar-refractivity contribution in [3.8, 4) is 0 Å². The Morgan fingerprint density at radius 2 is 1.44 bits per heavy atom. The maximum Gasteiger partial charge on any atom is 0.0667 e. The molecule has 0 aliphatic heterocycles. The summed E-state index contributed by atoms with van der Waals surface area (Å²) in [6.45, 7) is 9.49. The van der Waals surface area contributed by atoms with Crippen LogP contribution in [0, 0.1) is 0 Å². The molecule has 98 valence electrons. The Balaban J connectivity index is 3.32. The summed E-state index contributed by atoms with van der Waals surface area (Å²) in [7, 11) is 0. The first-order valence-electron chi connectivity index (χ1n) is 7.14. The van der Waals surface area contributed by atoms with E-state index in [1.54, 1.807) is 0 Å². The van der Waals surface area contributed by atoms with Gasteiger partial charge < -0.3 is 10.0 Å². The van der Waals surface area contributed by atoms with Gasteiger partial charge in [-0.2, -0.15) is 0 Å². The first-order valence-corrected chi connectivity index (χ1v) is 7.14. The normalized spacial score (nSPS) is 13.3. The van der Waals surface area contributed by atoms with Crippen molar-refractivity contribution in [3.05, 3.63) is 0 Å². The maximum absolute atomic E-state index is 9.84. The van der Waals surface area contributed by atoms with Crippen LogP contribution < -0.4 is 0 Å². The van der Waals surface area contributed by atoms with Crippen LogP contribution in [0.5, 0.6) is 0 Å². The van der Waals surface area contributed by atoms with E-state index in [-0.39, 0.29) is 6.10 Å². The Bertz CT molecular complexity index is 135. The summed E-state index contributed by atoms with van der Waals surface area (Å²) in [5.41, 5.74) is 0. The van der Waals surface area contributed by atoms with Crippen LogP contribution in [0.4, 0.5) is 0 Å². The van der Waals surface area contributed by atoms with E-state index in [1.807, 2.05) is 0 Å². The summed E-state index contributed by atoms with van der Waals surface area (Å²) in [4.78, 5) is 2.29. The van der Waals surface area contributed by atoms with Gasteiger partial charge in [0, 0.05) is 6.54 Å². The Labute approximate surface area is 102 Å². The topological polar surface area (TPSA) is 23.5 Å². The zero-order valence-corrected chi connectivity index (χ0v) is 11.5. The van der Waals surface area contributed by atoms with Crippen molar-refractivity contribution in [2.45, 2.75) is 71.8 Å². The molecular formula is C14H31NO. The average Bonchev–Trinajstić information content (AvgIpc) is 2.30. The predicted molar refractivity (Wildman–Crippen MR) is 71.8 cm³/mol. The highest BCUT2D eigenvalue weighted by atomic mass is 16.3. The third-order valence-electron chi connectivity index (χ3n) is 3.25. The molecule has 0 fully saturated rings. The first kappa shape index (κ1) is 15.9. The Hall–Kier alpha value is -0.0800. The Kier molecular flexibility index (Phi) is 11.3. The molecule has 0 saturated heterocycles. The molecule has 0 saturated carbocycles. The van der Waals surface area contributed by atoms with Gasteiger partial charge in [0.05, 0.1) is 6.10 Å². The molecule has 0 aliphatic carbocycles. The van der Waals surface area contributed by atoms with E-state index in [9.17, 15) is 5.11 Å². The first-order chi connectivity index (χ1) is 7.74. The van der Waals surface area contributed by atoms with Crippen LogP contribution in [-0.2, 0) is 0 Å². The molecule has 0 spiro atoms. The zero-order valence-electron chi connectivity index (χ0n) is 11.5. The molecule has 0 aromatic carbocycles. The number of unbranched alkanes of at least 4 members (excludes halogenated alkanes) is 5. The summed E-state index contributed by atoms with van der Waals surface area (Å²) in [5, 5.41) is 9.84. The van der Waals surface area contributed by atoms with Crippen molar-refractivity contribution in [1.82, 2.24) is 4.90 Å². The molecule has 0 aromatic heterocycles. The van der Waals surface area contributed by atoms with Crippen LogP contribution >= 0.6 is 0 Å². The Morgan fingerprint density at radius 1 is 0.875 bits per heavy atom. The van der Waals surface area contributed by atoms with E-state index in [4.69, 9.17) is 0 Å². The Morgan fingerprint density at radius 3 is 2.00 bits per heavy atom. The van der Waals surface area contributed by atoms with E-state index in [1.165, 1.54) is 38.5 Å². The monoisotopic (exact) mass is 229 g/mol. The van der Waals surface area contributed by atoms with Crippen LogP contribution in [0.2, 0.25) is 0 Å². The maximum atomic E-state index is 9.84. The quantitative estimate of drug-likeness (QED) is 0.549. The molecule has 0 heterocycles. The fourth-order valence-electron chi connectivity index (χ4n) is 2.03. The molecule has 1 N–H and O–H groups in total. The molecular weight excluding hydrogens is 198 g/mol. The van der Waals surface area contributed by atoms with Crippen LogP contribution in [0.1, 0.15) is 65.7 Å². The highest BCUT2D eigenvalue weighted by Gasteiger charge is 2.07. The predicted octanol–water partition coefficient (Wildman–Crippen LogP) is 3.44. The van der Waals surface area contributed by atoms with Crippen molar-refractivity contribution in [2.24, 2.45) is 0 Å². The number of rotatable bonds is 11. The van der Waals surface area contributed by atoms with Crippen LogP contribution in [-0.4, -0.2) is 35.7 Å². The smallest absolute Gasteiger partial charge is 0.0667 e. The van der Waals surface area contributed by atoms with Crippen molar-refractivity contribution < 1.29 is 5.11 Å². The zero-order chi connectivity index (χ0) is 12.2. The summed E-state index contributed by atoms with van der Waals surface area (Å²) >= 11 is 0. The number of hydrogen-bond donors (Lipinski definition) is 1. The van der Waals surface area contributed by atoms with Gasteiger partial charge >= 0.3 is 0 Å². The van der Waals surface area contributed by atoms with Gasteiger partial charge in [0.25, 0.3) is 0 Å². The lowest BCUT2D eigenvalue weighted by Crippen LogP contribution is -2.32. The van der Waals surface area contributed by atoms with E-state index in [0.717, 1.165) is 26.1 Å². The van der Waals surface area contributed by atoms with E-state index < -0.39 is 0 Å². The van der Waals surface area contributed by atoms with Gasteiger partial charge in [-0.15, -0.1) is 0 Å². The second kappa shape index (κ2) is 11.4. The lowest BCUT2D eigenvalue weighted by Gasteiger charge is -2.21. The molecule has 0 aliphatic rings. The van der Waals surface area contributed by atoms with Crippen LogP contribution in [0.3, 0.4) is 0 Å². The second-order valence-electron chi connectivity index (χ2n) is 4.70. The van der Waals surface area contributed by atoms with Gasteiger partial charge in [-0.1, -0.05) is 59.3 Å². The molecule has 0 radical (unpaired) electrons. The van der Waals surface area contributed by atoms with Crippen molar-refractivity contribution in [1.29, 1.82) is 0 Å². The molecule has 2 nitrogen and oxygen atoms in total. The molecule has 0 amide bonds. The summed E-state index contributed by atoms with van der Waals surface area (Å²) < 4.78 is 0. The molecule has 16 heavy (non-hydrogen) atoms. The lowest BCUT2D eigenvalue weighted by atomic mass is 10.1. The molecule has 1 atom stereocenters. The van der Waals surface area contributed by atoms with Crippen LogP contribution in [0.15, 0.2) is 0 Å². The fourth-order valence-corrected chi connectivity index (χ4v) is 2.03. The van der Waals surface area contributed by atoms with E-state index >= 15 is 0 Å². The van der Waals surface area contributed by atoms with Gasteiger partial charge in [0.15, 0.2) is 0 Å². The SMILES string of the molecule is CCCCCCCCC(O)CN(CC)CC. The number of nitrogens with zero attached hydrogens (tertiary/aromatic N) is 1. The van der Waals surface area contributed by atoms with Crippen molar-refractivity contribution >= 4 is 0 Å². The molecule has 1 unspecified atom stereocenters. The third-order valence-corrected chi connectivity index (χ3v) is 3.25. The molecule has 0 rings (SSSR count). The van der Waals surface area contributed by atoms with Gasteiger partial charge in [0.2, 0.25) is 0 Å². The summed E-state index contributed by atoms with van der Waals surface area (Å²) in [6, 6.07) is 0. The van der Waals surface area contributed by atoms with Crippen LogP contribution in [0.25, 0.3) is 0 Å². The second-order valence-corrected chi connectivity index (χ2v) is 4.70. The third kappa shape index (κ3) is 9.17. The summed E-state index contributed by atoms with van der Waals surface area (Å²) in [6.07, 6.45) is 8.71. The van der Waals surface area contributed by atoms with Crippen molar-refractivity contribution in [2.75, 3.05) is 19.6 Å².